The molecule has 0 atom stereocenters. The highest BCUT2D eigenvalue weighted by atomic mass is 35.5. The van der Waals surface area contributed by atoms with Gasteiger partial charge in [-0.05, 0) is 6.07 Å². The molecule has 1 aromatic heterocycles. The summed E-state index contributed by atoms with van der Waals surface area (Å²) < 4.78 is 1.92. The van der Waals surface area contributed by atoms with Crippen molar-refractivity contribution in [1.82, 2.24) is 9.55 Å². The van der Waals surface area contributed by atoms with E-state index in [4.69, 9.17) is 11.6 Å². The Morgan fingerprint density at radius 2 is 2.27 bits per heavy atom. The third-order valence-corrected chi connectivity index (χ3v) is 2.64. The van der Waals surface area contributed by atoms with Crippen molar-refractivity contribution in [2.75, 3.05) is 0 Å². The van der Waals surface area contributed by atoms with E-state index in [1.54, 1.807) is 12.3 Å². The second-order valence-electron chi connectivity index (χ2n) is 3.38. The largest absolute Gasteiger partial charge is 0.506 e. The zero-order chi connectivity index (χ0) is 10.8. The van der Waals surface area contributed by atoms with E-state index in [1.807, 2.05) is 29.9 Å². The second-order valence-corrected chi connectivity index (χ2v) is 3.79. The zero-order valence-electron chi connectivity index (χ0n) is 8.31. The molecule has 0 bridgehead atoms. The van der Waals surface area contributed by atoms with Gasteiger partial charge in [-0.15, -0.1) is 0 Å². The Morgan fingerprint density at radius 1 is 1.47 bits per heavy atom. The lowest BCUT2D eigenvalue weighted by atomic mass is 10.1. The summed E-state index contributed by atoms with van der Waals surface area (Å²) >= 11 is 5.82. The molecule has 0 unspecified atom stereocenters. The Hall–Kier alpha value is -1.48. The Morgan fingerprint density at radius 3 is 2.93 bits per heavy atom. The van der Waals surface area contributed by atoms with Crippen LogP contribution in [0.2, 0.25) is 5.02 Å². The van der Waals surface area contributed by atoms with Crippen LogP contribution in [0.3, 0.4) is 0 Å². The van der Waals surface area contributed by atoms with Crippen molar-refractivity contribution < 1.29 is 5.11 Å². The number of rotatable bonds is 2. The van der Waals surface area contributed by atoms with Crippen LogP contribution in [0.25, 0.3) is 0 Å². The maximum absolute atomic E-state index is 9.72. The van der Waals surface area contributed by atoms with Crippen LogP contribution in [0, 0.1) is 0 Å². The van der Waals surface area contributed by atoms with E-state index >= 15 is 0 Å². The van der Waals surface area contributed by atoms with E-state index in [0.717, 1.165) is 11.4 Å². The first kappa shape index (κ1) is 10.1. The summed E-state index contributed by atoms with van der Waals surface area (Å²) in [5.41, 5.74) is 0.789. The first-order valence-corrected chi connectivity index (χ1v) is 4.99. The number of aromatic nitrogens is 2. The van der Waals surface area contributed by atoms with Crippen LogP contribution in [0.15, 0.2) is 30.6 Å². The van der Waals surface area contributed by atoms with Crippen LogP contribution >= 0.6 is 11.6 Å². The van der Waals surface area contributed by atoms with Gasteiger partial charge in [0.25, 0.3) is 0 Å². The standard InChI is InChI=1S/C11H11ClN2O/c1-14-6-5-13-10(14)7-8-3-2-4-9(12)11(8)15/h2-6,15H,7H2,1H3. The van der Waals surface area contributed by atoms with Gasteiger partial charge in [0.1, 0.15) is 11.6 Å². The van der Waals surface area contributed by atoms with E-state index in [2.05, 4.69) is 4.98 Å². The first-order valence-electron chi connectivity index (χ1n) is 4.61. The molecule has 4 heteroatoms. The van der Waals surface area contributed by atoms with Crippen molar-refractivity contribution in [3.63, 3.8) is 0 Å². The van der Waals surface area contributed by atoms with Gasteiger partial charge in [-0.3, -0.25) is 0 Å². The molecule has 0 fully saturated rings. The van der Waals surface area contributed by atoms with Gasteiger partial charge in [0.2, 0.25) is 0 Å². The fraction of sp³-hybridized carbons (Fsp3) is 0.182. The van der Waals surface area contributed by atoms with Gasteiger partial charge >= 0.3 is 0 Å². The highest BCUT2D eigenvalue weighted by Gasteiger charge is 2.08. The lowest BCUT2D eigenvalue weighted by molar-refractivity contribution is 0.469. The first-order chi connectivity index (χ1) is 7.18. The number of benzene rings is 1. The van der Waals surface area contributed by atoms with E-state index in [1.165, 1.54) is 0 Å². The van der Waals surface area contributed by atoms with Gasteiger partial charge < -0.3 is 9.67 Å². The average Bonchev–Trinajstić information content (AvgIpc) is 2.60. The molecule has 0 aliphatic carbocycles. The van der Waals surface area contributed by atoms with Gasteiger partial charge in [-0.2, -0.15) is 0 Å². The molecular weight excluding hydrogens is 212 g/mol. The molecule has 0 spiro atoms. The van der Waals surface area contributed by atoms with Crippen molar-refractivity contribution >= 4 is 11.6 Å². The Kier molecular flexibility index (Phi) is 2.64. The molecule has 0 aliphatic rings. The molecule has 15 heavy (non-hydrogen) atoms. The van der Waals surface area contributed by atoms with Crippen LogP contribution in [-0.4, -0.2) is 14.7 Å². The van der Waals surface area contributed by atoms with E-state index in [9.17, 15) is 5.11 Å². The zero-order valence-corrected chi connectivity index (χ0v) is 9.07. The fourth-order valence-electron chi connectivity index (χ4n) is 1.44. The molecule has 0 radical (unpaired) electrons. The van der Waals surface area contributed by atoms with Crippen LogP contribution < -0.4 is 0 Å². The summed E-state index contributed by atoms with van der Waals surface area (Å²) in [6.07, 6.45) is 4.18. The van der Waals surface area contributed by atoms with Gasteiger partial charge in [0.15, 0.2) is 0 Å². The van der Waals surface area contributed by atoms with Gasteiger partial charge in [-0.1, -0.05) is 23.7 Å². The maximum atomic E-state index is 9.72. The normalized spacial score (nSPS) is 10.5. The van der Waals surface area contributed by atoms with Crippen LogP contribution in [-0.2, 0) is 13.5 Å². The molecular formula is C11H11ClN2O. The number of nitrogens with zero attached hydrogens (tertiary/aromatic N) is 2. The highest BCUT2D eigenvalue weighted by Crippen LogP contribution is 2.28. The summed E-state index contributed by atoms with van der Waals surface area (Å²) in [6, 6.07) is 5.33. The molecule has 1 aromatic carbocycles. The number of phenolic OH excluding ortho intramolecular Hbond substituents is 1. The molecule has 0 saturated heterocycles. The number of aryl methyl sites for hydroxylation is 1. The van der Waals surface area contributed by atoms with Crippen molar-refractivity contribution in [2.24, 2.45) is 7.05 Å². The van der Waals surface area contributed by atoms with Gasteiger partial charge in [0, 0.05) is 31.4 Å². The molecule has 1 heterocycles. The minimum absolute atomic E-state index is 0.141. The lowest BCUT2D eigenvalue weighted by Crippen LogP contribution is -1.98. The number of hydrogen-bond donors (Lipinski definition) is 1. The molecule has 2 rings (SSSR count). The molecule has 0 amide bonds. The number of para-hydroxylation sites is 1. The molecule has 0 saturated carbocycles. The number of hydrogen-bond acceptors (Lipinski definition) is 2. The number of halogens is 1. The summed E-state index contributed by atoms with van der Waals surface area (Å²) in [5.74, 6) is 1.04. The monoisotopic (exact) mass is 222 g/mol. The summed E-state index contributed by atoms with van der Waals surface area (Å²) in [4.78, 5) is 4.19. The second kappa shape index (κ2) is 3.95. The molecule has 2 aromatic rings. The van der Waals surface area contributed by atoms with Crippen molar-refractivity contribution in [2.45, 2.75) is 6.42 Å². The van der Waals surface area contributed by atoms with Gasteiger partial charge in [0.05, 0.1) is 5.02 Å². The van der Waals surface area contributed by atoms with Crippen molar-refractivity contribution in [1.29, 1.82) is 0 Å². The summed E-state index contributed by atoms with van der Waals surface area (Å²) in [5, 5.41) is 10.1. The number of aromatic hydroxyl groups is 1. The van der Waals surface area contributed by atoms with E-state index in [0.29, 0.717) is 11.4 Å². The number of imidazole rings is 1. The predicted octanol–water partition coefficient (Wildman–Crippen LogP) is 2.37. The minimum Gasteiger partial charge on any atom is -0.506 e. The summed E-state index contributed by atoms with van der Waals surface area (Å²) in [7, 11) is 1.92. The maximum Gasteiger partial charge on any atom is 0.137 e. The smallest absolute Gasteiger partial charge is 0.137 e. The van der Waals surface area contributed by atoms with E-state index in [-0.39, 0.29) is 5.75 Å². The van der Waals surface area contributed by atoms with Crippen molar-refractivity contribution in [3.8, 4) is 5.75 Å². The minimum atomic E-state index is 0.141. The molecule has 1 N–H and O–H groups in total. The van der Waals surface area contributed by atoms with Gasteiger partial charge in [-0.25, -0.2) is 4.98 Å². The Balaban J connectivity index is 2.33. The Labute approximate surface area is 93.0 Å². The Bertz CT molecular complexity index is 479. The quantitative estimate of drug-likeness (QED) is 0.847. The fourth-order valence-corrected chi connectivity index (χ4v) is 1.63. The third-order valence-electron chi connectivity index (χ3n) is 2.34. The lowest BCUT2D eigenvalue weighted by Gasteiger charge is -2.05. The molecule has 3 nitrogen and oxygen atoms in total. The molecule has 0 aliphatic heterocycles. The number of phenols is 1. The van der Waals surface area contributed by atoms with Crippen LogP contribution in [0.4, 0.5) is 0 Å². The predicted molar refractivity (Wildman–Crippen MR) is 59.1 cm³/mol. The topological polar surface area (TPSA) is 38.0 Å². The van der Waals surface area contributed by atoms with Crippen LogP contribution in [0.1, 0.15) is 11.4 Å². The third kappa shape index (κ3) is 1.97. The SMILES string of the molecule is Cn1ccnc1Cc1cccc(Cl)c1O. The van der Waals surface area contributed by atoms with Crippen LogP contribution in [0.5, 0.6) is 5.75 Å². The van der Waals surface area contributed by atoms with Crippen molar-refractivity contribution in [3.05, 3.63) is 47.0 Å². The molecule has 78 valence electrons. The van der Waals surface area contributed by atoms with E-state index < -0.39 is 0 Å². The highest BCUT2D eigenvalue weighted by molar-refractivity contribution is 6.32. The average molecular weight is 223 g/mol. The summed E-state index contributed by atoms with van der Waals surface area (Å²) in [6.45, 7) is 0.